The molecule has 1 saturated heterocycles. The molecule has 0 N–H and O–H groups in total. The Labute approximate surface area is 142 Å². The fourth-order valence-electron chi connectivity index (χ4n) is 3.32. The average Bonchev–Trinajstić information content (AvgIpc) is 3.13. The summed E-state index contributed by atoms with van der Waals surface area (Å²) in [7, 11) is -2.99. The van der Waals surface area contributed by atoms with Crippen LogP contribution >= 0.6 is 0 Å². The first-order valence-electron chi connectivity index (χ1n) is 8.40. The molecule has 2 heterocycles. The molecule has 0 saturated carbocycles. The van der Waals surface area contributed by atoms with Crippen molar-refractivity contribution in [1.29, 1.82) is 0 Å². The minimum Gasteiger partial charge on any atom is -0.339 e. The van der Waals surface area contributed by atoms with E-state index >= 15 is 0 Å². The van der Waals surface area contributed by atoms with E-state index in [4.69, 9.17) is 0 Å². The lowest BCUT2D eigenvalue weighted by Gasteiger charge is -2.28. The SMILES string of the molecule is CCCN(C(=O)CCn1cnc2ccccc21)C1CCS(=O)(=O)C1. The molecule has 2 aromatic rings. The highest BCUT2D eigenvalue weighted by Crippen LogP contribution is 2.20. The maximum absolute atomic E-state index is 12.7. The van der Waals surface area contributed by atoms with E-state index in [0.29, 0.717) is 25.9 Å². The molecule has 0 bridgehead atoms. The molecule has 1 amide bonds. The van der Waals surface area contributed by atoms with Gasteiger partial charge in [0.15, 0.2) is 9.84 Å². The van der Waals surface area contributed by atoms with E-state index in [1.165, 1.54) is 0 Å². The number of aromatic nitrogens is 2. The smallest absolute Gasteiger partial charge is 0.224 e. The maximum atomic E-state index is 12.7. The van der Waals surface area contributed by atoms with Gasteiger partial charge in [-0.3, -0.25) is 4.79 Å². The fourth-order valence-corrected chi connectivity index (χ4v) is 5.05. The summed E-state index contributed by atoms with van der Waals surface area (Å²) in [5.74, 6) is 0.320. The second kappa shape index (κ2) is 6.93. The molecule has 1 fully saturated rings. The number of hydrogen-bond acceptors (Lipinski definition) is 4. The predicted octanol–water partition coefficient (Wildman–Crippen LogP) is 1.85. The summed E-state index contributed by atoms with van der Waals surface area (Å²) in [5.41, 5.74) is 1.92. The standard InChI is InChI=1S/C17H23N3O3S/c1-2-9-20(14-8-11-24(22,23)12-14)17(21)7-10-19-13-18-15-5-3-4-6-16(15)19/h3-6,13-14H,2,7-12H2,1H3. The van der Waals surface area contributed by atoms with Crippen LogP contribution in [0.1, 0.15) is 26.2 Å². The van der Waals surface area contributed by atoms with Gasteiger partial charge >= 0.3 is 0 Å². The monoisotopic (exact) mass is 349 g/mol. The van der Waals surface area contributed by atoms with Crippen LogP contribution in [0, 0.1) is 0 Å². The van der Waals surface area contributed by atoms with Crippen LogP contribution < -0.4 is 0 Å². The van der Waals surface area contributed by atoms with Crippen molar-refractivity contribution >= 4 is 26.8 Å². The molecule has 1 aromatic carbocycles. The summed E-state index contributed by atoms with van der Waals surface area (Å²) in [4.78, 5) is 18.8. The number of hydrogen-bond donors (Lipinski definition) is 0. The van der Waals surface area contributed by atoms with Crippen molar-refractivity contribution in [1.82, 2.24) is 14.5 Å². The highest BCUT2D eigenvalue weighted by molar-refractivity contribution is 7.91. The van der Waals surface area contributed by atoms with Crippen molar-refractivity contribution < 1.29 is 13.2 Å². The number of imidazole rings is 1. The van der Waals surface area contributed by atoms with Gasteiger partial charge in [-0.05, 0) is 25.0 Å². The zero-order valence-electron chi connectivity index (χ0n) is 13.9. The molecule has 6 nitrogen and oxygen atoms in total. The van der Waals surface area contributed by atoms with Gasteiger partial charge in [-0.1, -0.05) is 19.1 Å². The van der Waals surface area contributed by atoms with Crippen molar-refractivity contribution in [2.45, 2.75) is 38.8 Å². The Morgan fingerprint density at radius 2 is 2.17 bits per heavy atom. The lowest BCUT2D eigenvalue weighted by molar-refractivity contribution is -0.133. The van der Waals surface area contributed by atoms with Crippen LogP contribution in [-0.4, -0.2) is 52.9 Å². The topological polar surface area (TPSA) is 72.3 Å². The lowest BCUT2D eigenvalue weighted by atomic mass is 10.2. The molecular weight excluding hydrogens is 326 g/mol. The predicted molar refractivity (Wildman–Crippen MR) is 93.4 cm³/mol. The molecule has 3 rings (SSSR count). The number of para-hydroxylation sites is 2. The maximum Gasteiger partial charge on any atom is 0.224 e. The summed E-state index contributed by atoms with van der Waals surface area (Å²) < 4.78 is 25.4. The molecular formula is C17H23N3O3S. The first-order valence-corrected chi connectivity index (χ1v) is 10.2. The molecule has 0 aliphatic carbocycles. The van der Waals surface area contributed by atoms with E-state index < -0.39 is 9.84 Å². The van der Waals surface area contributed by atoms with Crippen molar-refractivity contribution in [3.8, 4) is 0 Å². The Bertz CT molecular complexity index is 828. The third kappa shape index (κ3) is 3.61. The van der Waals surface area contributed by atoms with Gasteiger partial charge in [0.25, 0.3) is 0 Å². The first-order chi connectivity index (χ1) is 11.5. The number of carbonyl (C=O) groups is 1. The van der Waals surface area contributed by atoms with Gasteiger partial charge in [-0.25, -0.2) is 13.4 Å². The zero-order valence-corrected chi connectivity index (χ0v) is 14.7. The molecule has 0 radical (unpaired) electrons. The van der Waals surface area contributed by atoms with E-state index in [1.807, 2.05) is 35.8 Å². The number of nitrogens with zero attached hydrogens (tertiary/aromatic N) is 3. The van der Waals surface area contributed by atoms with Crippen LogP contribution in [0.15, 0.2) is 30.6 Å². The van der Waals surface area contributed by atoms with Gasteiger partial charge in [0.05, 0.1) is 28.9 Å². The quantitative estimate of drug-likeness (QED) is 0.798. The largest absolute Gasteiger partial charge is 0.339 e. The van der Waals surface area contributed by atoms with E-state index in [1.54, 1.807) is 11.2 Å². The minimum absolute atomic E-state index is 0.0248. The molecule has 0 spiro atoms. The Hall–Kier alpha value is -1.89. The van der Waals surface area contributed by atoms with Gasteiger partial charge < -0.3 is 9.47 Å². The van der Waals surface area contributed by atoms with Gasteiger partial charge in [0, 0.05) is 25.6 Å². The minimum atomic E-state index is -2.99. The number of amides is 1. The summed E-state index contributed by atoms with van der Waals surface area (Å²) >= 11 is 0. The molecule has 1 aliphatic rings. The second-order valence-electron chi connectivity index (χ2n) is 6.32. The van der Waals surface area contributed by atoms with Crippen molar-refractivity contribution in [2.75, 3.05) is 18.1 Å². The number of benzene rings is 1. The van der Waals surface area contributed by atoms with Crippen LogP contribution in [0.3, 0.4) is 0 Å². The molecule has 24 heavy (non-hydrogen) atoms. The van der Waals surface area contributed by atoms with Crippen LogP contribution in [0.5, 0.6) is 0 Å². The van der Waals surface area contributed by atoms with Crippen molar-refractivity contribution in [3.05, 3.63) is 30.6 Å². The van der Waals surface area contributed by atoms with Gasteiger partial charge in [0.1, 0.15) is 0 Å². The van der Waals surface area contributed by atoms with E-state index in [9.17, 15) is 13.2 Å². The summed E-state index contributed by atoms with van der Waals surface area (Å²) in [6, 6.07) is 7.66. The van der Waals surface area contributed by atoms with Crippen LogP contribution in [-0.2, 0) is 21.2 Å². The molecule has 1 atom stereocenters. The Morgan fingerprint density at radius 3 is 2.88 bits per heavy atom. The van der Waals surface area contributed by atoms with Gasteiger partial charge in [-0.15, -0.1) is 0 Å². The molecule has 1 aliphatic heterocycles. The molecule has 1 unspecified atom stereocenters. The fraction of sp³-hybridized carbons (Fsp3) is 0.529. The number of fused-ring (bicyclic) bond motifs is 1. The Kier molecular flexibility index (Phi) is 4.89. The van der Waals surface area contributed by atoms with E-state index in [0.717, 1.165) is 17.5 Å². The highest BCUT2D eigenvalue weighted by Gasteiger charge is 2.33. The lowest BCUT2D eigenvalue weighted by Crippen LogP contribution is -2.41. The average molecular weight is 349 g/mol. The third-order valence-corrected chi connectivity index (χ3v) is 6.28. The summed E-state index contributed by atoms with van der Waals surface area (Å²) in [6.45, 7) is 3.18. The highest BCUT2D eigenvalue weighted by atomic mass is 32.2. The number of sulfone groups is 1. The van der Waals surface area contributed by atoms with Crippen LogP contribution in [0.2, 0.25) is 0 Å². The van der Waals surface area contributed by atoms with Crippen molar-refractivity contribution in [2.24, 2.45) is 0 Å². The summed E-state index contributed by atoms with van der Waals surface area (Å²) in [5, 5.41) is 0. The van der Waals surface area contributed by atoms with Crippen LogP contribution in [0.4, 0.5) is 0 Å². The van der Waals surface area contributed by atoms with Crippen LogP contribution in [0.25, 0.3) is 11.0 Å². The van der Waals surface area contributed by atoms with E-state index in [2.05, 4.69) is 4.98 Å². The van der Waals surface area contributed by atoms with Crippen molar-refractivity contribution in [3.63, 3.8) is 0 Å². The number of aryl methyl sites for hydroxylation is 1. The zero-order chi connectivity index (χ0) is 17.2. The molecule has 1 aromatic heterocycles. The van der Waals surface area contributed by atoms with Gasteiger partial charge in [-0.2, -0.15) is 0 Å². The van der Waals surface area contributed by atoms with Gasteiger partial charge in [0.2, 0.25) is 5.91 Å². The number of rotatable bonds is 6. The molecule has 130 valence electrons. The normalized spacial score (nSPS) is 19.6. The summed E-state index contributed by atoms with van der Waals surface area (Å²) in [6.07, 6.45) is 3.50. The second-order valence-corrected chi connectivity index (χ2v) is 8.55. The Morgan fingerprint density at radius 1 is 1.38 bits per heavy atom. The van der Waals surface area contributed by atoms with E-state index in [-0.39, 0.29) is 23.5 Å². The third-order valence-electron chi connectivity index (χ3n) is 4.53. The Balaban J connectivity index is 1.67. The molecule has 7 heteroatoms. The number of carbonyl (C=O) groups excluding carboxylic acids is 1. The first kappa shape index (κ1) is 17.0.